The predicted molar refractivity (Wildman–Crippen MR) is 68.6 cm³/mol. The molecule has 0 fully saturated rings. The Hall–Kier alpha value is -1.88. The normalized spacial score (nSPS) is 14.9. The first-order valence-corrected chi connectivity index (χ1v) is 6.14. The van der Waals surface area contributed by atoms with E-state index in [4.69, 9.17) is 4.74 Å². The Morgan fingerprint density at radius 1 is 1.33 bits per heavy atom. The molecule has 0 amide bonds. The van der Waals surface area contributed by atoms with Crippen LogP contribution in [0.4, 0.5) is 0 Å². The van der Waals surface area contributed by atoms with Crippen molar-refractivity contribution in [2.75, 3.05) is 20.2 Å². The highest BCUT2D eigenvalue weighted by molar-refractivity contribution is 5.60. The third-order valence-electron chi connectivity index (χ3n) is 3.22. The maximum absolute atomic E-state index is 5.17. The van der Waals surface area contributed by atoms with Gasteiger partial charge in [-0.15, -0.1) is 0 Å². The van der Waals surface area contributed by atoms with Crippen molar-refractivity contribution < 1.29 is 4.74 Å². The summed E-state index contributed by atoms with van der Waals surface area (Å²) in [5, 5.41) is 3.38. The summed E-state index contributed by atoms with van der Waals surface area (Å²) in [5.41, 5.74) is 2.23. The van der Waals surface area contributed by atoms with Gasteiger partial charge < -0.3 is 14.6 Å². The predicted octanol–water partition coefficient (Wildman–Crippen LogP) is 1.10. The van der Waals surface area contributed by atoms with Crippen LogP contribution in [0.25, 0.3) is 11.3 Å². The van der Waals surface area contributed by atoms with Crippen LogP contribution in [0.1, 0.15) is 5.82 Å². The van der Waals surface area contributed by atoms with Crippen molar-refractivity contribution in [3.8, 4) is 17.1 Å². The third kappa shape index (κ3) is 1.97. The molecule has 94 valence electrons. The fraction of sp³-hybridized carbons (Fsp3) is 0.385. The molecule has 1 aliphatic rings. The summed E-state index contributed by atoms with van der Waals surface area (Å²) in [5.74, 6) is 1.78. The molecule has 0 aromatic carbocycles. The van der Waals surface area contributed by atoms with Gasteiger partial charge in [-0.3, -0.25) is 0 Å². The quantitative estimate of drug-likeness (QED) is 0.859. The molecule has 0 atom stereocenters. The number of aromatic nitrogens is 3. The Morgan fingerprint density at radius 2 is 2.28 bits per heavy atom. The van der Waals surface area contributed by atoms with Crippen LogP contribution in [0.2, 0.25) is 0 Å². The van der Waals surface area contributed by atoms with Crippen molar-refractivity contribution in [3.63, 3.8) is 0 Å². The van der Waals surface area contributed by atoms with Crippen LogP contribution in [0, 0.1) is 0 Å². The van der Waals surface area contributed by atoms with Crippen molar-refractivity contribution in [2.24, 2.45) is 0 Å². The number of imidazole rings is 1. The molecule has 0 saturated heterocycles. The molecule has 2 aromatic heterocycles. The van der Waals surface area contributed by atoms with E-state index >= 15 is 0 Å². The molecule has 0 aliphatic carbocycles. The summed E-state index contributed by atoms with van der Waals surface area (Å²) in [6, 6.07) is 3.94. The average molecular weight is 244 g/mol. The van der Waals surface area contributed by atoms with Crippen molar-refractivity contribution in [1.82, 2.24) is 19.9 Å². The van der Waals surface area contributed by atoms with Crippen molar-refractivity contribution in [1.29, 1.82) is 0 Å². The molecule has 0 spiro atoms. The lowest BCUT2D eigenvalue weighted by atomic mass is 10.2. The molecule has 2 aromatic rings. The van der Waals surface area contributed by atoms with Crippen LogP contribution in [0.15, 0.2) is 24.5 Å². The number of ether oxygens (including phenoxy) is 1. The van der Waals surface area contributed by atoms with Gasteiger partial charge in [0.2, 0.25) is 5.88 Å². The van der Waals surface area contributed by atoms with E-state index in [0.717, 1.165) is 43.1 Å². The molecule has 0 saturated carbocycles. The van der Waals surface area contributed by atoms with Gasteiger partial charge in [0.05, 0.1) is 19.0 Å². The van der Waals surface area contributed by atoms with Gasteiger partial charge in [-0.05, 0) is 6.07 Å². The van der Waals surface area contributed by atoms with E-state index in [1.165, 1.54) is 0 Å². The number of rotatable bonds is 2. The van der Waals surface area contributed by atoms with Gasteiger partial charge >= 0.3 is 0 Å². The number of fused-ring (bicyclic) bond motifs is 1. The highest BCUT2D eigenvalue weighted by Crippen LogP contribution is 2.23. The van der Waals surface area contributed by atoms with E-state index in [-0.39, 0.29) is 0 Å². The number of nitrogens with zero attached hydrogens (tertiary/aromatic N) is 3. The molecule has 18 heavy (non-hydrogen) atoms. The molecule has 5 heteroatoms. The zero-order valence-corrected chi connectivity index (χ0v) is 10.4. The highest BCUT2D eigenvalue weighted by atomic mass is 16.5. The Kier molecular flexibility index (Phi) is 2.98. The first-order valence-electron chi connectivity index (χ1n) is 6.14. The second-order valence-electron chi connectivity index (χ2n) is 4.30. The second-order valence-corrected chi connectivity index (χ2v) is 4.30. The number of hydrogen-bond acceptors (Lipinski definition) is 4. The third-order valence-corrected chi connectivity index (χ3v) is 3.22. The van der Waals surface area contributed by atoms with Gasteiger partial charge in [0, 0.05) is 43.9 Å². The van der Waals surface area contributed by atoms with Gasteiger partial charge in [-0.1, -0.05) is 0 Å². The highest BCUT2D eigenvalue weighted by Gasteiger charge is 2.14. The minimum atomic E-state index is 0.634. The van der Waals surface area contributed by atoms with E-state index < -0.39 is 0 Å². The fourth-order valence-electron chi connectivity index (χ4n) is 2.29. The van der Waals surface area contributed by atoms with Gasteiger partial charge in [0.15, 0.2) is 0 Å². The van der Waals surface area contributed by atoms with Crippen LogP contribution in [-0.4, -0.2) is 34.7 Å². The van der Waals surface area contributed by atoms with Crippen LogP contribution < -0.4 is 10.1 Å². The van der Waals surface area contributed by atoms with Gasteiger partial charge in [-0.2, -0.15) is 0 Å². The van der Waals surface area contributed by atoms with E-state index in [0.29, 0.717) is 5.88 Å². The lowest BCUT2D eigenvalue weighted by molar-refractivity contribution is 0.398. The Labute approximate surface area is 106 Å². The van der Waals surface area contributed by atoms with Crippen molar-refractivity contribution in [3.05, 3.63) is 30.4 Å². The molecule has 3 heterocycles. The summed E-state index contributed by atoms with van der Waals surface area (Å²) in [6.07, 6.45) is 4.68. The second kappa shape index (κ2) is 4.78. The Bertz CT molecular complexity index is 550. The molecule has 1 aliphatic heterocycles. The molecular formula is C13H16N4O. The fourth-order valence-corrected chi connectivity index (χ4v) is 2.29. The zero-order valence-electron chi connectivity index (χ0n) is 10.4. The minimum absolute atomic E-state index is 0.634. The summed E-state index contributed by atoms with van der Waals surface area (Å²) >= 11 is 0. The number of hydrogen-bond donors (Lipinski definition) is 1. The molecule has 0 unspecified atom stereocenters. The zero-order chi connectivity index (χ0) is 12.4. The first kappa shape index (κ1) is 11.2. The average Bonchev–Trinajstić information content (AvgIpc) is 2.68. The van der Waals surface area contributed by atoms with Gasteiger partial charge in [0.25, 0.3) is 0 Å². The summed E-state index contributed by atoms with van der Waals surface area (Å²) in [7, 11) is 1.63. The van der Waals surface area contributed by atoms with Crippen LogP contribution in [0.3, 0.4) is 0 Å². The molecular weight excluding hydrogens is 228 g/mol. The molecule has 3 rings (SSSR count). The lowest BCUT2D eigenvalue weighted by Gasteiger charge is -2.09. The van der Waals surface area contributed by atoms with Crippen LogP contribution >= 0.6 is 0 Å². The van der Waals surface area contributed by atoms with Crippen molar-refractivity contribution >= 4 is 0 Å². The molecule has 1 N–H and O–H groups in total. The summed E-state index contributed by atoms with van der Waals surface area (Å²) in [4.78, 5) is 8.64. The topological polar surface area (TPSA) is 52.0 Å². The molecule has 0 radical (unpaired) electrons. The SMILES string of the molecule is COc1cc(-c2cnc3n2CCNCC3)ccn1. The molecule has 5 nitrogen and oxygen atoms in total. The first-order chi connectivity index (χ1) is 8.88. The van der Waals surface area contributed by atoms with Crippen LogP contribution in [0.5, 0.6) is 5.88 Å². The summed E-state index contributed by atoms with van der Waals surface area (Å²) < 4.78 is 7.44. The van der Waals surface area contributed by atoms with Crippen molar-refractivity contribution in [2.45, 2.75) is 13.0 Å². The maximum atomic E-state index is 5.17. The van der Waals surface area contributed by atoms with E-state index in [1.807, 2.05) is 18.3 Å². The number of methoxy groups -OCH3 is 1. The monoisotopic (exact) mass is 244 g/mol. The smallest absolute Gasteiger partial charge is 0.213 e. The minimum Gasteiger partial charge on any atom is -0.481 e. The lowest BCUT2D eigenvalue weighted by Crippen LogP contribution is -2.17. The number of pyridine rings is 1. The number of nitrogens with one attached hydrogen (secondary N) is 1. The van der Waals surface area contributed by atoms with E-state index in [9.17, 15) is 0 Å². The van der Waals surface area contributed by atoms with Crippen LogP contribution in [-0.2, 0) is 13.0 Å². The summed E-state index contributed by atoms with van der Waals surface area (Å²) in [6.45, 7) is 2.93. The Balaban J connectivity index is 2.03. The largest absolute Gasteiger partial charge is 0.481 e. The van der Waals surface area contributed by atoms with E-state index in [2.05, 4.69) is 19.9 Å². The Morgan fingerprint density at radius 3 is 3.17 bits per heavy atom. The molecule has 0 bridgehead atoms. The van der Waals surface area contributed by atoms with E-state index in [1.54, 1.807) is 13.3 Å². The van der Waals surface area contributed by atoms with Gasteiger partial charge in [0.1, 0.15) is 5.82 Å². The maximum Gasteiger partial charge on any atom is 0.213 e. The van der Waals surface area contributed by atoms with Gasteiger partial charge in [-0.25, -0.2) is 9.97 Å². The standard InChI is InChI=1S/C13H16N4O/c1-18-13-8-10(2-5-15-13)11-9-16-12-3-4-14-6-7-17(11)12/h2,5,8-9,14H,3-4,6-7H2,1H3.